The average molecular weight is 291 g/mol. The Kier molecular flexibility index (Phi) is 5.99. The lowest BCUT2D eigenvalue weighted by Gasteiger charge is -2.21. The van der Waals surface area contributed by atoms with E-state index in [1.165, 1.54) is 0 Å². The molecule has 0 saturated carbocycles. The summed E-state index contributed by atoms with van der Waals surface area (Å²) in [6.45, 7) is 8.79. The van der Waals surface area contributed by atoms with Crippen molar-refractivity contribution in [3.8, 4) is 0 Å². The third-order valence-corrected chi connectivity index (χ3v) is 3.50. The van der Waals surface area contributed by atoms with Gasteiger partial charge in [0.15, 0.2) is 0 Å². The van der Waals surface area contributed by atoms with Gasteiger partial charge in [-0.2, -0.15) is 0 Å². The predicted molar refractivity (Wildman–Crippen MR) is 81.9 cm³/mol. The molecule has 21 heavy (non-hydrogen) atoms. The van der Waals surface area contributed by atoms with Crippen LogP contribution in [0.4, 0.5) is 4.79 Å². The highest BCUT2D eigenvalue weighted by atomic mass is 16.6. The maximum atomic E-state index is 12.0. The molecule has 0 radical (unpaired) electrons. The van der Waals surface area contributed by atoms with E-state index in [1.54, 1.807) is 0 Å². The largest absolute Gasteiger partial charge is 0.449 e. The minimum Gasteiger partial charge on any atom is -0.449 e. The van der Waals surface area contributed by atoms with Crippen LogP contribution in [0.15, 0.2) is 24.4 Å². The predicted octanol–water partition coefficient (Wildman–Crippen LogP) is 2.38. The lowest BCUT2D eigenvalue weighted by molar-refractivity contribution is 0.0930. The van der Waals surface area contributed by atoms with E-state index in [0.717, 1.165) is 44.8 Å². The van der Waals surface area contributed by atoms with Gasteiger partial charge in [-0.25, -0.2) is 4.79 Å². The fourth-order valence-corrected chi connectivity index (χ4v) is 2.36. The van der Waals surface area contributed by atoms with Gasteiger partial charge in [-0.15, -0.1) is 0 Å². The summed E-state index contributed by atoms with van der Waals surface area (Å²) in [5, 5.41) is 0. The Morgan fingerprint density at radius 3 is 2.86 bits per heavy atom. The molecule has 0 bridgehead atoms. The second-order valence-corrected chi connectivity index (χ2v) is 5.91. The van der Waals surface area contributed by atoms with Crippen LogP contribution in [0.25, 0.3) is 0 Å². The molecule has 2 rings (SSSR count). The monoisotopic (exact) mass is 291 g/mol. The number of nitrogens with zero attached hydrogens (tertiary/aromatic N) is 3. The van der Waals surface area contributed by atoms with Gasteiger partial charge >= 0.3 is 6.09 Å². The maximum Gasteiger partial charge on any atom is 0.409 e. The molecule has 0 aliphatic carbocycles. The van der Waals surface area contributed by atoms with Crippen LogP contribution in [0.3, 0.4) is 0 Å². The Bertz CT molecular complexity index is 436. The molecular formula is C16H25N3O2. The first-order valence-electron chi connectivity index (χ1n) is 7.69. The van der Waals surface area contributed by atoms with Crippen LogP contribution in [-0.4, -0.2) is 53.7 Å². The van der Waals surface area contributed by atoms with Crippen molar-refractivity contribution in [3.63, 3.8) is 0 Å². The van der Waals surface area contributed by atoms with E-state index in [2.05, 4.69) is 9.88 Å². The second-order valence-electron chi connectivity index (χ2n) is 5.91. The Hall–Kier alpha value is -1.62. The number of hydrogen-bond acceptors (Lipinski definition) is 4. The molecule has 5 nitrogen and oxygen atoms in total. The van der Waals surface area contributed by atoms with Gasteiger partial charge in [-0.1, -0.05) is 19.9 Å². The van der Waals surface area contributed by atoms with E-state index in [4.69, 9.17) is 4.74 Å². The summed E-state index contributed by atoms with van der Waals surface area (Å²) >= 11 is 0. The van der Waals surface area contributed by atoms with Gasteiger partial charge in [0, 0.05) is 38.9 Å². The maximum absolute atomic E-state index is 12.0. The lowest BCUT2D eigenvalue weighted by atomic mass is 10.2. The normalized spacial score (nSPS) is 16.8. The number of amides is 1. The third-order valence-electron chi connectivity index (χ3n) is 3.50. The van der Waals surface area contributed by atoms with Crippen molar-refractivity contribution < 1.29 is 9.53 Å². The van der Waals surface area contributed by atoms with Gasteiger partial charge in [-0.05, 0) is 24.5 Å². The van der Waals surface area contributed by atoms with Gasteiger partial charge in [0.2, 0.25) is 0 Å². The molecular weight excluding hydrogens is 266 g/mol. The lowest BCUT2D eigenvalue weighted by Crippen LogP contribution is -2.36. The zero-order valence-corrected chi connectivity index (χ0v) is 13.0. The molecule has 1 aliphatic heterocycles. The molecule has 0 spiro atoms. The van der Waals surface area contributed by atoms with Crippen LogP contribution >= 0.6 is 0 Å². The number of aromatic nitrogens is 1. The number of carbonyl (C=O) groups is 1. The molecule has 2 heterocycles. The fraction of sp³-hybridized carbons (Fsp3) is 0.625. The van der Waals surface area contributed by atoms with Crippen molar-refractivity contribution in [1.82, 2.24) is 14.8 Å². The number of rotatable bonds is 4. The number of carbonyl (C=O) groups excluding carboxylic acids is 1. The molecule has 0 atom stereocenters. The topological polar surface area (TPSA) is 45.7 Å². The summed E-state index contributed by atoms with van der Waals surface area (Å²) in [4.78, 5) is 20.5. The molecule has 116 valence electrons. The zero-order valence-electron chi connectivity index (χ0n) is 13.0. The first-order chi connectivity index (χ1) is 10.1. The van der Waals surface area contributed by atoms with Crippen LogP contribution in [-0.2, 0) is 11.3 Å². The van der Waals surface area contributed by atoms with E-state index in [0.29, 0.717) is 12.5 Å². The summed E-state index contributed by atoms with van der Waals surface area (Å²) in [7, 11) is 0. The number of hydrogen-bond donors (Lipinski definition) is 0. The molecule has 1 aromatic heterocycles. The molecule has 1 aromatic rings. The molecule has 1 amide bonds. The highest BCUT2D eigenvalue weighted by Crippen LogP contribution is 2.09. The summed E-state index contributed by atoms with van der Waals surface area (Å²) < 4.78 is 5.31. The minimum atomic E-state index is -0.177. The van der Waals surface area contributed by atoms with Crippen molar-refractivity contribution >= 4 is 6.09 Å². The molecule has 1 aliphatic rings. The standard InChI is InChI=1S/C16H25N3O2/c1-14(2)13-21-16(20)19-9-5-8-18(10-11-19)12-15-6-3-4-7-17-15/h3-4,6-7,14H,5,8-13H2,1-2H3. The van der Waals surface area contributed by atoms with Crippen molar-refractivity contribution in [2.24, 2.45) is 5.92 Å². The second kappa shape index (κ2) is 7.98. The summed E-state index contributed by atoms with van der Waals surface area (Å²) in [5.74, 6) is 0.376. The van der Waals surface area contributed by atoms with Gasteiger partial charge in [0.1, 0.15) is 0 Å². The zero-order chi connectivity index (χ0) is 15.1. The number of ether oxygens (including phenoxy) is 1. The van der Waals surface area contributed by atoms with Crippen LogP contribution in [0.2, 0.25) is 0 Å². The first-order valence-corrected chi connectivity index (χ1v) is 7.69. The van der Waals surface area contributed by atoms with Gasteiger partial charge in [-0.3, -0.25) is 9.88 Å². The van der Waals surface area contributed by atoms with E-state index >= 15 is 0 Å². The van der Waals surface area contributed by atoms with Crippen molar-refractivity contribution in [3.05, 3.63) is 30.1 Å². The van der Waals surface area contributed by atoms with Gasteiger partial charge < -0.3 is 9.64 Å². The van der Waals surface area contributed by atoms with Crippen LogP contribution < -0.4 is 0 Å². The summed E-state index contributed by atoms with van der Waals surface area (Å²) in [6.07, 6.45) is 2.62. The molecule has 0 unspecified atom stereocenters. The highest BCUT2D eigenvalue weighted by Gasteiger charge is 2.20. The van der Waals surface area contributed by atoms with E-state index < -0.39 is 0 Å². The van der Waals surface area contributed by atoms with Crippen molar-refractivity contribution in [1.29, 1.82) is 0 Å². The average Bonchev–Trinajstić information content (AvgIpc) is 2.71. The van der Waals surface area contributed by atoms with Crippen LogP contribution in [0.1, 0.15) is 26.0 Å². The van der Waals surface area contributed by atoms with Crippen molar-refractivity contribution in [2.75, 3.05) is 32.8 Å². The van der Waals surface area contributed by atoms with Crippen LogP contribution in [0.5, 0.6) is 0 Å². The highest BCUT2D eigenvalue weighted by molar-refractivity contribution is 5.67. The molecule has 0 N–H and O–H groups in total. The van der Waals surface area contributed by atoms with Crippen LogP contribution in [0, 0.1) is 5.92 Å². The minimum absolute atomic E-state index is 0.177. The number of pyridine rings is 1. The molecule has 1 fully saturated rings. The van der Waals surface area contributed by atoms with E-state index in [9.17, 15) is 4.79 Å². The Morgan fingerprint density at radius 2 is 2.14 bits per heavy atom. The third kappa shape index (κ3) is 5.34. The smallest absolute Gasteiger partial charge is 0.409 e. The van der Waals surface area contributed by atoms with Gasteiger partial charge in [0.05, 0.1) is 12.3 Å². The van der Waals surface area contributed by atoms with Gasteiger partial charge in [0.25, 0.3) is 0 Å². The Balaban J connectivity index is 1.80. The van der Waals surface area contributed by atoms with E-state index in [-0.39, 0.29) is 6.09 Å². The SMILES string of the molecule is CC(C)COC(=O)N1CCCN(Cc2ccccn2)CC1. The Morgan fingerprint density at radius 1 is 1.29 bits per heavy atom. The first kappa shape index (κ1) is 15.8. The molecule has 5 heteroatoms. The van der Waals surface area contributed by atoms with Crippen molar-refractivity contribution in [2.45, 2.75) is 26.8 Å². The summed E-state index contributed by atoms with van der Waals surface area (Å²) in [5.41, 5.74) is 1.08. The molecule has 0 aromatic carbocycles. The fourth-order valence-electron chi connectivity index (χ4n) is 2.36. The van der Waals surface area contributed by atoms with E-state index in [1.807, 2.05) is 43.1 Å². The summed E-state index contributed by atoms with van der Waals surface area (Å²) in [6, 6.07) is 5.98. The molecule has 1 saturated heterocycles. The quantitative estimate of drug-likeness (QED) is 0.854. The Labute approximate surface area is 126 Å².